The maximum absolute atomic E-state index is 11.7. The van der Waals surface area contributed by atoms with Gasteiger partial charge in [-0.25, -0.2) is 0 Å². The third-order valence-corrected chi connectivity index (χ3v) is 7.76. The standard InChI is InChI=1S/C24H48N6O8/c1-24(35)11-36-23(19(34)22(24)28-2)38-21-16(30-9-12(32)8-25)7-15(27)17(18(21)33)20-14(26)4-3-13(37-20)10-29-5-6-31/h3,12,14-23,28-35H,4-11,25-27H2,1-2H3/t12?,14-,15+,16-,17?,18+,19-,20+,21+,22-,23-,24+/m1/s1. The summed E-state index contributed by atoms with van der Waals surface area (Å²) in [6, 6.07) is -2.20. The molecular formula is C24H48N6O8. The predicted octanol–water partition coefficient (Wildman–Crippen LogP) is -5.00. The van der Waals surface area contributed by atoms with Gasteiger partial charge in [-0.1, -0.05) is 0 Å². The number of hydrogen-bond acceptors (Lipinski definition) is 14. The highest BCUT2D eigenvalue weighted by Gasteiger charge is 2.53. The van der Waals surface area contributed by atoms with Crippen LogP contribution in [0.5, 0.6) is 0 Å². The minimum absolute atomic E-state index is 0.00632. The molecule has 222 valence electrons. The highest BCUT2D eigenvalue weighted by molar-refractivity contribution is 5.10. The molecule has 0 bridgehead atoms. The summed E-state index contributed by atoms with van der Waals surface area (Å²) in [7, 11) is 1.62. The highest BCUT2D eigenvalue weighted by Crippen LogP contribution is 2.36. The molecule has 2 aliphatic heterocycles. The number of nitrogens with one attached hydrogen (secondary N) is 3. The summed E-state index contributed by atoms with van der Waals surface area (Å²) < 4.78 is 18.1. The van der Waals surface area contributed by atoms with Crippen LogP contribution in [-0.4, -0.2) is 139 Å². The fourth-order valence-corrected chi connectivity index (χ4v) is 5.68. The van der Waals surface area contributed by atoms with Gasteiger partial charge in [-0.2, -0.15) is 0 Å². The lowest BCUT2D eigenvalue weighted by Gasteiger charge is -2.50. The number of aliphatic hydroxyl groups is 5. The molecule has 1 saturated heterocycles. The highest BCUT2D eigenvalue weighted by atomic mass is 16.7. The molecule has 2 unspecified atom stereocenters. The lowest BCUT2D eigenvalue weighted by molar-refractivity contribution is -0.298. The van der Waals surface area contributed by atoms with Gasteiger partial charge >= 0.3 is 0 Å². The van der Waals surface area contributed by atoms with Gasteiger partial charge in [0.25, 0.3) is 0 Å². The van der Waals surface area contributed by atoms with E-state index < -0.39 is 72.5 Å². The van der Waals surface area contributed by atoms with E-state index in [1.165, 1.54) is 0 Å². The zero-order valence-corrected chi connectivity index (χ0v) is 22.3. The molecule has 2 fully saturated rings. The Morgan fingerprint density at radius 3 is 2.63 bits per heavy atom. The second-order valence-corrected chi connectivity index (χ2v) is 10.8. The average Bonchev–Trinajstić information content (AvgIpc) is 2.87. The molecule has 14 N–H and O–H groups in total. The van der Waals surface area contributed by atoms with E-state index in [2.05, 4.69) is 16.0 Å². The van der Waals surface area contributed by atoms with Gasteiger partial charge in [0.15, 0.2) is 6.29 Å². The molecule has 1 saturated carbocycles. The van der Waals surface area contributed by atoms with Crippen LogP contribution < -0.4 is 33.2 Å². The van der Waals surface area contributed by atoms with Crippen LogP contribution in [0.4, 0.5) is 0 Å². The van der Waals surface area contributed by atoms with Gasteiger partial charge in [0, 0.05) is 43.7 Å². The van der Waals surface area contributed by atoms with E-state index in [4.69, 9.17) is 36.5 Å². The first-order valence-electron chi connectivity index (χ1n) is 13.4. The third kappa shape index (κ3) is 7.40. The van der Waals surface area contributed by atoms with Crippen molar-refractivity contribution < 1.29 is 39.7 Å². The fourth-order valence-electron chi connectivity index (χ4n) is 5.68. The van der Waals surface area contributed by atoms with E-state index in [0.29, 0.717) is 31.7 Å². The van der Waals surface area contributed by atoms with Crippen molar-refractivity contribution in [3.8, 4) is 0 Å². The first-order valence-corrected chi connectivity index (χ1v) is 13.4. The van der Waals surface area contributed by atoms with Crippen LogP contribution in [-0.2, 0) is 14.2 Å². The molecule has 14 nitrogen and oxygen atoms in total. The van der Waals surface area contributed by atoms with Crippen LogP contribution >= 0.6 is 0 Å². The summed E-state index contributed by atoms with van der Waals surface area (Å²) >= 11 is 0. The second-order valence-electron chi connectivity index (χ2n) is 10.8. The first kappa shape index (κ1) is 31.5. The van der Waals surface area contributed by atoms with E-state index in [-0.39, 0.29) is 26.3 Å². The SMILES string of the molecule is CN[C@@H]1[C@@H](O)[C@@H](O[C@H]2[C@H](NCC(O)CN)C[C@H](N)C([C@H]3OC(CNCCO)=CC[C@H]3N)[C@@H]2O)OC[C@]1(C)O. The van der Waals surface area contributed by atoms with Crippen molar-refractivity contribution in [1.29, 1.82) is 0 Å². The van der Waals surface area contributed by atoms with Crippen LogP contribution in [0.1, 0.15) is 19.8 Å². The lowest BCUT2D eigenvalue weighted by atomic mass is 9.72. The Morgan fingerprint density at radius 2 is 1.97 bits per heavy atom. The van der Waals surface area contributed by atoms with E-state index in [0.717, 1.165) is 0 Å². The molecule has 0 amide bonds. The minimum Gasteiger partial charge on any atom is -0.492 e. The summed E-state index contributed by atoms with van der Waals surface area (Å²) in [6.45, 7) is 2.46. The van der Waals surface area contributed by atoms with Crippen molar-refractivity contribution in [1.82, 2.24) is 16.0 Å². The van der Waals surface area contributed by atoms with Crippen LogP contribution in [0.25, 0.3) is 0 Å². The topological polar surface area (TPSA) is 243 Å². The smallest absolute Gasteiger partial charge is 0.185 e. The fraction of sp³-hybridized carbons (Fsp3) is 0.917. The first-order chi connectivity index (χ1) is 18.0. The molecule has 38 heavy (non-hydrogen) atoms. The molecule has 0 aromatic heterocycles. The molecule has 0 spiro atoms. The minimum atomic E-state index is -1.33. The molecule has 2 heterocycles. The Hall–Kier alpha value is -0.980. The quantitative estimate of drug-likeness (QED) is 0.102. The summed E-state index contributed by atoms with van der Waals surface area (Å²) in [6.07, 6.45) is -3.12. The van der Waals surface area contributed by atoms with E-state index >= 15 is 0 Å². The second kappa shape index (κ2) is 14.1. The molecule has 0 aromatic rings. The van der Waals surface area contributed by atoms with Crippen LogP contribution in [0.3, 0.4) is 0 Å². The molecule has 12 atom stereocenters. The maximum Gasteiger partial charge on any atom is 0.185 e. The summed E-state index contributed by atoms with van der Waals surface area (Å²) in [5, 5.41) is 61.4. The third-order valence-electron chi connectivity index (χ3n) is 7.76. The molecule has 0 aromatic carbocycles. The molecule has 14 heteroatoms. The van der Waals surface area contributed by atoms with Gasteiger partial charge in [0.1, 0.15) is 29.7 Å². The number of ether oxygens (including phenoxy) is 3. The van der Waals surface area contributed by atoms with E-state index in [1.54, 1.807) is 14.0 Å². The van der Waals surface area contributed by atoms with Gasteiger partial charge in [0.05, 0.1) is 38.0 Å². The van der Waals surface area contributed by atoms with Crippen LogP contribution in [0.2, 0.25) is 0 Å². The lowest BCUT2D eigenvalue weighted by Crippen LogP contribution is -2.69. The Labute approximate surface area is 223 Å². The normalized spacial score (nSPS) is 42.8. The number of hydrogen-bond donors (Lipinski definition) is 11. The maximum atomic E-state index is 11.7. The summed E-state index contributed by atoms with van der Waals surface area (Å²) in [5.41, 5.74) is 17.2. The largest absolute Gasteiger partial charge is 0.492 e. The zero-order valence-electron chi connectivity index (χ0n) is 22.3. The Morgan fingerprint density at radius 1 is 1.24 bits per heavy atom. The monoisotopic (exact) mass is 548 g/mol. The van der Waals surface area contributed by atoms with Gasteiger partial charge in [-0.05, 0) is 32.9 Å². The average molecular weight is 549 g/mol. The number of likely N-dealkylation sites (N-methyl/N-ethyl adjacent to an activating group) is 1. The van der Waals surface area contributed by atoms with Gasteiger partial charge in [-0.15, -0.1) is 0 Å². The molecular weight excluding hydrogens is 500 g/mol. The number of rotatable bonds is 12. The molecule has 3 aliphatic rings. The Kier molecular flexibility index (Phi) is 11.7. The van der Waals surface area contributed by atoms with Crippen LogP contribution in [0.15, 0.2) is 11.8 Å². The molecule has 3 rings (SSSR count). The molecule has 0 radical (unpaired) electrons. The van der Waals surface area contributed by atoms with Crippen molar-refractivity contribution in [2.45, 2.75) is 86.3 Å². The Balaban J connectivity index is 1.81. The number of aliphatic hydroxyl groups excluding tert-OH is 4. The Bertz CT molecular complexity index is 763. The van der Waals surface area contributed by atoms with Crippen molar-refractivity contribution in [3.05, 3.63) is 11.8 Å². The number of nitrogens with two attached hydrogens (primary N) is 3. The summed E-state index contributed by atoms with van der Waals surface area (Å²) in [5.74, 6) is 0.0384. The van der Waals surface area contributed by atoms with E-state index in [1.807, 2.05) is 6.08 Å². The van der Waals surface area contributed by atoms with Gasteiger partial charge in [-0.3, -0.25) is 0 Å². The van der Waals surface area contributed by atoms with Gasteiger partial charge in [0.2, 0.25) is 0 Å². The predicted molar refractivity (Wildman–Crippen MR) is 139 cm³/mol. The van der Waals surface area contributed by atoms with E-state index in [9.17, 15) is 20.4 Å². The van der Waals surface area contributed by atoms with Crippen molar-refractivity contribution in [3.63, 3.8) is 0 Å². The van der Waals surface area contributed by atoms with Crippen molar-refractivity contribution >= 4 is 0 Å². The molecule has 1 aliphatic carbocycles. The summed E-state index contributed by atoms with van der Waals surface area (Å²) in [4.78, 5) is 0. The van der Waals surface area contributed by atoms with Crippen molar-refractivity contribution in [2.75, 3.05) is 46.4 Å². The van der Waals surface area contributed by atoms with Crippen molar-refractivity contribution in [2.24, 2.45) is 23.1 Å². The van der Waals surface area contributed by atoms with Crippen LogP contribution in [0, 0.1) is 5.92 Å². The zero-order chi connectivity index (χ0) is 28.0. The van der Waals surface area contributed by atoms with Gasteiger partial charge < -0.3 is 72.9 Å².